The molecular formula is C16H19Cl2N5. The van der Waals surface area contributed by atoms with Gasteiger partial charge in [0.25, 0.3) is 0 Å². The normalized spacial score (nSPS) is 15.7. The molecule has 0 saturated carbocycles. The SMILES string of the molecule is Cc1cc(Nc2c(Cl)cccc2Cl)nc(N2CCN(C)CC2)n1. The number of nitrogens with one attached hydrogen (secondary N) is 1. The van der Waals surface area contributed by atoms with E-state index in [1.165, 1.54) is 0 Å². The molecule has 1 aromatic carbocycles. The van der Waals surface area contributed by atoms with E-state index in [-0.39, 0.29) is 0 Å². The van der Waals surface area contributed by atoms with Crippen LogP contribution in [0, 0.1) is 6.92 Å². The number of hydrogen-bond acceptors (Lipinski definition) is 5. The fourth-order valence-electron chi connectivity index (χ4n) is 2.51. The van der Waals surface area contributed by atoms with E-state index in [9.17, 15) is 0 Å². The summed E-state index contributed by atoms with van der Waals surface area (Å²) in [5.41, 5.74) is 1.57. The molecule has 0 atom stereocenters. The Labute approximate surface area is 146 Å². The first-order chi connectivity index (χ1) is 11.0. The summed E-state index contributed by atoms with van der Waals surface area (Å²) in [6.07, 6.45) is 0. The van der Waals surface area contributed by atoms with E-state index in [4.69, 9.17) is 23.2 Å². The number of aryl methyl sites for hydroxylation is 1. The molecule has 0 unspecified atom stereocenters. The summed E-state index contributed by atoms with van der Waals surface area (Å²) in [5, 5.41) is 4.35. The maximum atomic E-state index is 6.22. The van der Waals surface area contributed by atoms with Gasteiger partial charge in [0.1, 0.15) is 5.82 Å². The molecule has 1 fully saturated rings. The van der Waals surface area contributed by atoms with Gasteiger partial charge in [-0.1, -0.05) is 29.3 Å². The summed E-state index contributed by atoms with van der Waals surface area (Å²) >= 11 is 12.4. The molecule has 1 aliphatic heterocycles. The van der Waals surface area contributed by atoms with Crippen LogP contribution in [0.5, 0.6) is 0 Å². The average Bonchev–Trinajstić information content (AvgIpc) is 2.51. The van der Waals surface area contributed by atoms with Crippen molar-refractivity contribution < 1.29 is 0 Å². The van der Waals surface area contributed by atoms with Crippen molar-refractivity contribution in [1.29, 1.82) is 0 Å². The fraction of sp³-hybridized carbons (Fsp3) is 0.375. The number of rotatable bonds is 3. The number of hydrogen-bond donors (Lipinski definition) is 1. The lowest BCUT2D eigenvalue weighted by atomic mass is 10.3. The van der Waals surface area contributed by atoms with Gasteiger partial charge in [-0.15, -0.1) is 0 Å². The first-order valence-electron chi connectivity index (χ1n) is 7.53. The van der Waals surface area contributed by atoms with E-state index in [2.05, 4.69) is 32.1 Å². The van der Waals surface area contributed by atoms with Gasteiger partial charge in [-0.3, -0.25) is 0 Å². The molecule has 2 aromatic rings. The Bertz CT molecular complexity index is 679. The molecule has 7 heteroatoms. The Hall–Kier alpha value is -1.56. The molecule has 1 saturated heterocycles. The summed E-state index contributed by atoms with van der Waals surface area (Å²) < 4.78 is 0. The third kappa shape index (κ3) is 3.86. The number of para-hydroxylation sites is 1. The zero-order chi connectivity index (χ0) is 16.4. The van der Waals surface area contributed by atoms with Crippen LogP contribution in [0.3, 0.4) is 0 Å². The molecule has 122 valence electrons. The maximum Gasteiger partial charge on any atom is 0.227 e. The number of aromatic nitrogens is 2. The van der Waals surface area contributed by atoms with Crippen molar-refractivity contribution in [2.24, 2.45) is 0 Å². The maximum absolute atomic E-state index is 6.22. The summed E-state index contributed by atoms with van der Waals surface area (Å²) in [6, 6.07) is 7.30. The van der Waals surface area contributed by atoms with Crippen LogP contribution >= 0.6 is 23.2 Å². The number of anilines is 3. The minimum absolute atomic E-state index is 0.565. The Morgan fingerprint density at radius 3 is 2.35 bits per heavy atom. The van der Waals surface area contributed by atoms with Crippen LogP contribution in [-0.4, -0.2) is 48.1 Å². The van der Waals surface area contributed by atoms with Gasteiger partial charge in [0, 0.05) is 37.9 Å². The second-order valence-corrected chi connectivity index (χ2v) is 6.52. The Balaban J connectivity index is 1.86. The van der Waals surface area contributed by atoms with Gasteiger partial charge >= 0.3 is 0 Å². The lowest BCUT2D eigenvalue weighted by molar-refractivity contribution is 0.311. The molecule has 3 rings (SSSR count). The lowest BCUT2D eigenvalue weighted by Crippen LogP contribution is -2.45. The van der Waals surface area contributed by atoms with Gasteiger partial charge in [0.2, 0.25) is 5.95 Å². The predicted molar refractivity (Wildman–Crippen MR) is 96.2 cm³/mol. The Morgan fingerprint density at radius 1 is 1.04 bits per heavy atom. The topological polar surface area (TPSA) is 44.3 Å². The predicted octanol–water partition coefficient (Wildman–Crippen LogP) is 3.59. The van der Waals surface area contributed by atoms with E-state index in [1.807, 2.05) is 19.1 Å². The van der Waals surface area contributed by atoms with E-state index in [1.54, 1.807) is 12.1 Å². The molecular weight excluding hydrogens is 333 g/mol. The second-order valence-electron chi connectivity index (χ2n) is 5.71. The number of nitrogens with zero attached hydrogens (tertiary/aromatic N) is 4. The summed E-state index contributed by atoms with van der Waals surface area (Å²) in [7, 11) is 2.13. The fourth-order valence-corrected chi connectivity index (χ4v) is 3.00. The molecule has 5 nitrogen and oxygen atoms in total. The molecule has 2 heterocycles. The molecule has 0 radical (unpaired) electrons. The van der Waals surface area contributed by atoms with Crippen LogP contribution < -0.4 is 10.2 Å². The third-order valence-corrected chi connectivity index (χ3v) is 4.47. The van der Waals surface area contributed by atoms with E-state index in [0.29, 0.717) is 21.6 Å². The average molecular weight is 352 g/mol. The highest BCUT2D eigenvalue weighted by Gasteiger charge is 2.17. The standard InChI is InChI=1S/C16H19Cl2N5/c1-11-10-14(20-15-12(17)4-3-5-13(15)18)21-16(19-11)23-8-6-22(2)7-9-23/h3-5,10H,6-9H2,1-2H3,(H,19,20,21). The van der Waals surface area contributed by atoms with Crippen LogP contribution in [0.2, 0.25) is 10.0 Å². The first kappa shape index (κ1) is 16.3. The highest BCUT2D eigenvalue weighted by molar-refractivity contribution is 6.39. The molecule has 23 heavy (non-hydrogen) atoms. The molecule has 0 bridgehead atoms. The molecule has 1 aliphatic rings. The van der Waals surface area contributed by atoms with Crippen LogP contribution in [0.15, 0.2) is 24.3 Å². The summed E-state index contributed by atoms with van der Waals surface area (Å²) in [4.78, 5) is 13.7. The van der Waals surface area contributed by atoms with Gasteiger partial charge in [0.05, 0.1) is 15.7 Å². The van der Waals surface area contributed by atoms with Crippen molar-refractivity contribution in [3.8, 4) is 0 Å². The smallest absolute Gasteiger partial charge is 0.227 e. The lowest BCUT2D eigenvalue weighted by Gasteiger charge is -2.32. The van der Waals surface area contributed by atoms with Gasteiger partial charge in [-0.05, 0) is 26.1 Å². The molecule has 0 spiro atoms. The van der Waals surface area contributed by atoms with E-state index in [0.717, 1.165) is 37.8 Å². The van der Waals surface area contributed by atoms with Crippen LogP contribution in [0.25, 0.3) is 0 Å². The Kier molecular flexibility index (Phi) is 4.90. The monoisotopic (exact) mass is 351 g/mol. The quantitative estimate of drug-likeness (QED) is 0.915. The highest BCUT2D eigenvalue weighted by atomic mass is 35.5. The van der Waals surface area contributed by atoms with Gasteiger partial charge < -0.3 is 15.1 Å². The van der Waals surface area contributed by atoms with Crippen molar-refractivity contribution >= 4 is 40.7 Å². The van der Waals surface area contributed by atoms with Crippen molar-refractivity contribution in [1.82, 2.24) is 14.9 Å². The highest BCUT2D eigenvalue weighted by Crippen LogP contribution is 2.32. The largest absolute Gasteiger partial charge is 0.338 e. The molecule has 0 amide bonds. The van der Waals surface area contributed by atoms with Gasteiger partial charge in [-0.25, -0.2) is 4.98 Å². The summed E-state index contributed by atoms with van der Waals surface area (Å²) in [6.45, 7) is 5.83. The third-order valence-electron chi connectivity index (χ3n) is 3.84. The molecule has 0 aliphatic carbocycles. The zero-order valence-corrected chi connectivity index (χ0v) is 14.7. The first-order valence-corrected chi connectivity index (χ1v) is 8.29. The van der Waals surface area contributed by atoms with E-state index < -0.39 is 0 Å². The second kappa shape index (κ2) is 6.91. The van der Waals surface area contributed by atoms with Crippen molar-refractivity contribution in [3.63, 3.8) is 0 Å². The molecule has 1 N–H and O–H groups in total. The van der Waals surface area contributed by atoms with E-state index >= 15 is 0 Å². The molecule has 1 aromatic heterocycles. The Morgan fingerprint density at radius 2 is 1.70 bits per heavy atom. The van der Waals surface area contributed by atoms with Gasteiger partial charge in [-0.2, -0.15) is 4.98 Å². The van der Waals surface area contributed by atoms with Crippen LogP contribution in [0.4, 0.5) is 17.5 Å². The van der Waals surface area contributed by atoms with Crippen molar-refractivity contribution in [3.05, 3.63) is 40.0 Å². The number of piperazine rings is 1. The van der Waals surface area contributed by atoms with Gasteiger partial charge in [0.15, 0.2) is 0 Å². The van der Waals surface area contributed by atoms with Crippen molar-refractivity contribution in [2.45, 2.75) is 6.92 Å². The minimum atomic E-state index is 0.565. The number of benzene rings is 1. The van der Waals surface area contributed by atoms with Crippen molar-refractivity contribution in [2.75, 3.05) is 43.4 Å². The zero-order valence-electron chi connectivity index (χ0n) is 13.2. The summed E-state index contributed by atoms with van der Waals surface area (Å²) in [5.74, 6) is 1.44. The van der Waals surface area contributed by atoms with Crippen LogP contribution in [0.1, 0.15) is 5.69 Å². The minimum Gasteiger partial charge on any atom is -0.338 e. The van der Waals surface area contributed by atoms with Crippen LogP contribution in [-0.2, 0) is 0 Å². The number of likely N-dealkylation sites (N-methyl/N-ethyl adjacent to an activating group) is 1. The number of halogens is 2.